The molecule has 134 valence electrons. The predicted molar refractivity (Wildman–Crippen MR) is 107 cm³/mol. The van der Waals surface area contributed by atoms with E-state index in [2.05, 4.69) is 41.3 Å². The maximum atomic E-state index is 12.4. The Bertz CT molecular complexity index is 831. The molecule has 5 heteroatoms. The smallest absolute Gasteiger partial charge is 0.230 e. The van der Waals surface area contributed by atoms with Gasteiger partial charge in [0.2, 0.25) is 5.91 Å². The van der Waals surface area contributed by atoms with Crippen molar-refractivity contribution in [3.8, 4) is 11.3 Å². The van der Waals surface area contributed by atoms with Gasteiger partial charge in [0.05, 0.1) is 23.7 Å². The zero-order chi connectivity index (χ0) is 18.4. The average molecular weight is 366 g/mol. The molecule has 0 aliphatic carbocycles. The van der Waals surface area contributed by atoms with E-state index in [-0.39, 0.29) is 11.9 Å². The average Bonchev–Trinajstić information content (AvgIpc) is 3.15. The van der Waals surface area contributed by atoms with Crippen molar-refractivity contribution in [1.82, 2.24) is 15.3 Å². The van der Waals surface area contributed by atoms with E-state index in [1.807, 2.05) is 48.5 Å². The van der Waals surface area contributed by atoms with Crippen LogP contribution in [0.4, 0.5) is 0 Å². The van der Waals surface area contributed by atoms with Crippen LogP contribution in [-0.2, 0) is 4.79 Å². The molecule has 3 aromatic rings. The van der Waals surface area contributed by atoms with Gasteiger partial charge in [-0.3, -0.25) is 4.79 Å². The van der Waals surface area contributed by atoms with Gasteiger partial charge in [0.25, 0.3) is 0 Å². The van der Waals surface area contributed by atoms with Gasteiger partial charge >= 0.3 is 0 Å². The quantitative estimate of drug-likeness (QED) is 0.598. The Morgan fingerprint density at radius 3 is 2.38 bits per heavy atom. The highest BCUT2D eigenvalue weighted by Gasteiger charge is 2.18. The van der Waals surface area contributed by atoms with Gasteiger partial charge in [-0.2, -0.15) is 0 Å². The van der Waals surface area contributed by atoms with E-state index in [4.69, 9.17) is 0 Å². The van der Waals surface area contributed by atoms with Crippen molar-refractivity contribution >= 4 is 17.7 Å². The SMILES string of the molecule is CC(C)C(NC(=O)CSc1ncc(-c2ccccc2)[nH]1)c1ccccc1. The van der Waals surface area contributed by atoms with Gasteiger partial charge in [0, 0.05) is 0 Å². The molecule has 0 fully saturated rings. The molecule has 2 N–H and O–H groups in total. The Morgan fingerprint density at radius 1 is 1.08 bits per heavy atom. The monoisotopic (exact) mass is 365 g/mol. The number of benzene rings is 2. The Balaban J connectivity index is 1.58. The fourth-order valence-corrected chi connectivity index (χ4v) is 3.45. The van der Waals surface area contributed by atoms with Crippen LogP contribution in [0.3, 0.4) is 0 Å². The van der Waals surface area contributed by atoms with Crippen molar-refractivity contribution < 1.29 is 4.79 Å². The van der Waals surface area contributed by atoms with Crippen molar-refractivity contribution in [3.05, 3.63) is 72.4 Å². The summed E-state index contributed by atoms with van der Waals surface area (Å²) >= 11 is 1.41. The summed E-state index contributed by atoms with van der Waals surface area (Å²) in [4.78, 5) is 20.0. The Labute approximate surface area is 158 Å². The van der Waals surface area contributed by atoms with E-state index in [1.165, 1.54) is 11.8 Å². The van der Waals surface area contributed by atoms with Crippen LogP contribution in [0.15, 0.2) is 72.0 Å². The van der Waals surface area contributed by atoms with E-state index in [0.29, 0.717) is 11.7 Å². The minimum absolute atomic E-state index is 0.00946. The number of amides is 1. The van der Waals surface area contributed by atoms with Gasteiger partial charge in [0.15, 0.2) is 5.16 Å². The minimum atomic E-state index is 0.00946. The molecule has 0 aliphatic heterocycles. The molecular formula is C21H23N3OS. The molecular weight excluding hydrogens is 342 g/mol. The molecule has 1 atom stereocenters. The van der Waals surface area contributed by atoms with Crippen LogP contribution < -0.4 is 5.32 Å². The number of aromatic amines is 1. The van der Waals surface area contributed by atoms with Crippen molar-refractivity contribution in [2.24, 2.45) is 5.92 Å². The zero-order valence-electron chi connectivity index (χ0n) is 15.0. The molecule has 3 rings (SSSR count). The lowest BCUT2D eigenvalue weighted by molar-refractivity contribution is -0.119. The van der Waals surface area contributed by atoms with Crippen LogP contribution in [0.2, 0.25) is 0 Å². The topological polar surface area (TPSA) is 57.8 Å². The van der Waals surface area contributed by atoms with Crippen molar-refractivity contribution in [2.45, 2.75) is 25.0 Å². The number of imidazole rings is 1. The van der Waals surface area contributed by atoms with E-state index < -0.39 is 0 Å². The largest absolute Gasteiger partial charge is 0.348 e. The van der Waals surface area contributed by atoms with Crippen molar-refractivity contribution in [2.75, 3.05) is 5.75 Å². The summed E-state index contributed by atoms with van der Waals surface area (Å²) in [5.41, 5.74) is 3.17. The molecule has 1 aromatic heterocycles. The number of rotatable bonds is 7. The third-order valence-electron chi connectivity index (χ3n) is 4.12. The first-order valence-corrected chi connectivity index (χ1v) is 9.69. The zero-order valence-corrected chi connectivity index (χ0v) is 15.8. The molecule has 1 unspecified atom stereocenters. The van der Waals surface area contributed by atoms with Gasteiger partial charge < -0.3 is 10.3 Å². The molecule has 1 amide bonds. The molecule has 0 saturated carbocycles. The van der Waals surface area contributed by atoms with Crippen LogP contribution >= 0.6 is 11.8 Å². The predicted octanol–water partition coefficient (Wildman–Crippen LogP) is 4.68. The van der Waals surface area contributed by atoms with Crippen LogP contribution in [0.5, 0.6) is 0 Å². The number of carbonyl (C=O) groups is 1. The van der Waals surface area contributed by atoms with Crippen molar-refractivity contribution in [3.63, 3.8) is 0 Å². The molecule has 1 heterocycles. The summed E-state index contributed by atoms with van der Waals surface area (Å²) in [5.74, 6) is 0.660. The van der Waals surface area contributed by atoms with E-state index in [9.17, 15) is 4.79 Å². The maximum Gasteiger partial charge on any atom is 0.230 e. The van der Waals surface area contributed by atoms with E-state index >= 15 is 0 Å². The normalized spacial score (nSPS) is 12.1. The molecule has 0 radical (unpaired) electrons. The molecule has 0 aliphatic rings. The Morgan fingerprint density at radius 2 is 1.73 bits per heavy atom. The van der Waals surface area contributed by atoms with Gasteiger partial charge in [-0.05, 0) is 17.0 Å². The molecule has 4 nitrogen and oxygen atoms in total. The van der Waals surface area contributed by atoms with E-state index in [0.717, 1.165) is 22.0 Å². The van der Waals surface area contributed by atoms with Gasteiger partial charge in [0.1, 0.15) is 0 Å². The van der Waals surface area contributed by atoms with Crippen LogP contribution in [0, 0.1) is 5.92 Å². The number of hydrogen-bond acceptors (Lipinski definition) is 3. The number of hydrogen-bond donors (Lipinski definition) is 2. The Hall–Kier alpha value is -2.53. The molecule has 0 bridgehead atoms. The number of thioether (sulfide) groups is 1. The second-order valence-electron chi connectivity index (χ2n) is 6.46. The highest BCUT2D eigenvalue weighted by molar-refractivity contribution is 7.99. The van der Waals surface area contributed by atoms with Gasteiger partial charge in [-0.25, -0.2) is 4.98 Å². The van der Waals surface area contributed by atoms with Crippen LogP contribution in [0.25, 0.3) is 11.3 Å². The highest BCUT2D eigenvalue weighted by Crippen LogP contribution is 2.23. The molecule has 26 heavy (non-hydrogen) atoms. The third-order valence-corrected chi connectivity index (χ3v) is 5.01. The summed E-state index contributed by atoms with van der Waals surface area (Å²) < 4.78 is 0. The minimum Gasteiger partial charge on any atom is -0.348 e. The van der Waals surface area contributed by atoms with Crippen LogP contribution in [0.1, 0.15) is 25.5 Å². The standard InChI is InChI=1S/C21H23N3OS/c1-15(2)20(17-11-7-4-8-12-17)24-19(25)14-26-21-22-13-18(23-21)16-9-5-3-6-10-16/h3-13,15,20H,14H2,1-2H3,(H,22,23)(H,24,25). The summed E-state index contributed by atoms with van der Waals surface area (Å²) in [6, 6.07) is 20.1. The molecule has 0 spiro atoms. The first-order chi connectivity index (χ1) is 12.6. The number of nitrogens with zero attached hydrogens (tertiary/aromatic N) is 1. The van der Waals surface area contributed by atoms with Crippen LogP contribution in [-0.4, -0.2) is 21.6 Å². The van der Waals surface area contributed by atoms with Crippen molar-refractivity contribution in [1.29, 1.82) is 0 Å². The summed E-state index contributed by atoms with van der Waals surface area (Å²) in [6.45, 7) is 4.23. The third kappa shape index (κ3) is 4.76. The fraction of sp³-hybridized carbons (Fsp3) is 0.238. The van der Waals surface area contributed by atoms with Gasteiger partial charge in [-0.15, -0.1) is 0 Å². The lowest BCUT2D eigenvalue weighted by atomic mass is 9.96. The molecule has 0 saturated heterocycles. The lowest BCUT2D eigenvalue weighted by Crippen LogP contribution is -2.32. The number of H-pyrrole nitrogens is 1. The number of carbonyl (C=O) groups excluding carboxylic acids is 1. The summed E-state index contributed by atoms with van der Waals surface area (Å²) in [7, 11) is 0. The second-order valence-corrected chi connectivity index (χ2v) is 7.42. The second kappa shape index (κ2) is 8.72. The number of nitrogens with one attached hydrogen (secondary N) is 2. The highest BCUT2D eigenvalue weighted by atomic mass is 32.2. The first-order valence-electron chi connectivity index (χ1n) is 8.71. The van der Waals surface area contributed by atoms with E-state index in [1.54, 1.807) is 6.20 Å². The summed E-state index contributed by atoms with van der Waals surface area (Å²) in [5, 5.41) is 3.89. The Kier molecular flexibility index (Phi) is 6.12. The maximum absolute atomic E-state index is 12.4. The first kappa shape index (κ1) is 18.3. The van der Waals surface area contributed by atoms with Gasteiger partial charge in [-0.1, -0.05) is 86.3 Å². The summed E-state index contributed by atoms with van der Waals surface area (Å²) in [6.07, 6.45) is 1.80. The number of aromatic nitrogens is 2. The fourth-order valence-electron chi connectivity index (χ4n) is 2.78. The molecule has 2 aromatic carbocycles. The lowest BCUT2D eigenvalue weighted by Gasteiger charge is -2.22.